The summed E-state index contributed by atoms with van der Waals surface area (Å²) in [6.07, 6.45) is 0. The van der Waals surface area contributed by atoms with Gasteiger partial charge in [-0.3, -0.25) is 9.59 Å². The summed E-state index contributed by atoms with van der Waals surface area (Å²) in [6, 6.07) is 39.0. The molecule has 0 amide bonds. The first kappa shape index (κ1) is 20.4. The lowest BCUT2D eigenvalue weighted by Gasteiger charge is -2.27. The number of benzene rings is 5. The maximum absolute atomic E-state index is 14.2. The van der Waals surface area contributed by atoms with Gasteiger partial charge in [-0.05, 0) is 60.7 Å². The zero-order valence-corrected chi connectivity index (χ0v) is 19.3. The van der Waals surface area contributed by atoms with Crippen molar-refractivity contribution in [3.8, 4) is 0 Å². The van der Waals surface area contributed by atoms with Gasteiger partial charge in [0.2, 0.25) is 0 Å². The van der Waals surface area contributed by atoms with Crippen LogP contribution in [-0.4, -0.2) is 4.40 Å². The van der Waals surface area contributed by atoms with Gasteiger partial charge in [0, 0.05) is 27.5 Å². The SMILES string of the molecule is O=c1c2ccccc2n2c3ccccc3c(=O)c3c(N(c4ccccc4)c4ccccc4)ccc1c32. The minimum atomic E-state index is -0.0854. The molecule has 0 atom stereocenters. The van der Waals surface area contributed by atoms with E-state index in [4.69, 9.17) is 0 Å². The highest BCUT2D eigenvalue weighted by molar-refractivity contribution is 6.13. The third-order valence-electron chi connectivity index (χ3n) is 6.90. The van der Waals surface area contributed by atoms with Crippen LogP contribution in [-0.2, 0) is 0 Å². The molecule has 4 nitrogen and oxygen atoms in total. The number of pyridine rings is 2. The molecule has 5 aromatic carbocycles. The summed E-state index contributed by atoms with van der Waals surface area (Å²) in [6.45, 7) is 0. The lowest BCUT2D eigenvalue weighted by Crippen LogP contribution is -2.18. The van der Waals surface area contributed by atoms with E-state index in [2.05, 4.69) is 9.30 Å². The molecule has 170 valence electrons. The molecule has 0 N–H and O–H groups in total. The molecule has 0 aliphatic rings. The number of anilines is 3. The van der Waals surface area contributed by atoms with Crippen LogP contribution in [0, 0.1) is 0 Å². The lowest BCUT2D eigenvalue weighted by atomic mass is 10.0. The van der Waals surface area contributed by atoms with Crippen molar-refractivity contribution in [1.29, 1.82) is 0 Å². The molecule has 7 rings (SSSR count). The van der Waals surface area contributed by atoms with E-state index in [1.54, 1.807) is 0 Å². The van der Waals surface area contributed by atoms with Crippen molar-refractivity contribution >= 4 is 55.2 Å². The molecule has 0 bridgehead atoms. The third kappa shape index (κ3) is 2.82. The monoisotopic (exact) mass is 464 g/mol. The molecule has 0 unspecified atom stereocenters. The Morgan fingerprint density at radius 1 is 0.472 bits per heavy atom. The van der Waals surface area contributed by atoms with E-state index in [9.17, 15) is 9.59 Å². The molecule has 0 fully saturated rings. The molecule has 0 spiro atoms. The summed E-state index contributed by atoms with van der Waals surface area (Å²) in [5, 5.41) is 2.32. The van der Waals surface area contributed by atoms with Crippen LogP contribution >= 0.6 is 0 Å². The van der Waals surface area contributed by atoms with Gasteiger partial charge in [-0.25, -0.2) is 0 Å². The van der Waals surface area contributed by atoms with Crippen LogP contribution in [0.2, 0.25) is 0 Å². The van der Waals surface area contributed by atoms with Crippen LogP contribution in [0.5, 0.6) is 0 Å². The molecule has 0 radical (unpaired) electrons. The Labute approximate surface area is 206 Å². The van der Waals surface area contributed by atoms with Gasteiger partial charge < -0.3 is 9.30 Å². The van der Waals surface area contributed by atoms with E-state index in [-0.39, 0.29) is 10.9 Å². The minimum absolute atomic E-state index is 0.0668. The molecule has 0 aliphatic carbocycles. The highest BCUT2D eigenvalue weighted by Crippen LogP contribution is 2.39. The number of hydrogen-bond acceptors (Lipinski definition) is 3. The zero-order valence-electron chi connectivity index (χ0n) is 19.3. The Balaban J connectivity index is 1.75. The standard InChI is InChI=1S/C32H20N2O2/c35-31-23-15-7-9-17-26(23)34-27-18-10-8-16-24(27)32(36)29-28(20-19-25(31)30(29)34)33(21-11-3-1-4-12-21)22-13-5-2-6-14-22/h1-20H. The van der Waals surface area contributed by atoms with Gasteiger partial charge in [-0.1, -0.05) is 60.7 Å². The van der Waals surface area contributed by atoms with E-state index < -0.39 is 0 Å². The van der Waals surface area contributed by atoms with Crippen molar-refractivity contribution in [2.45, 2.75) is 0 Å². The lowest BCUT2D eigenvalue weighted by molar-refractivity contribution is 1.27. The molecule has 0 aliphatic heterocycles. The average Bonchev–Trinajstić information content (AvgIpc) is 2.94. The fourth-order valence-corrected chi connectivity index (χ4v) is 5.36. The van der Waals surface area contributed by atoms with Crippen LogP contribution in [0.4, 0.5) is 17.1 Å². The summed E-state index contributed by atoms with van der Waals surface area (Å²) < 4.78 is 2.08. The number of aromatic nitrogens is 1. The van der Waals surface area contributed by atoms with Gasteiger partial charge in [-0.15, -0.1) is 0 Å². The second-order valence-electron chi connectivity index (χ2n) is 8.89. The van der Waals surface area contributed by atoms with E-state index in [0.717, 1.165) is 28.1 Å². The topological polar surface area (TPSA) is 41.8 Å². The van der Waals surface area contributed by atoms with Crippen molar-refractivity contribution in [2.24, 2.45) is 0 Å². The van der Waals surface area contributed by atoms with Crippen LogP contribution in [0.15, 0.2) is 131 Å². The first-order valence-electron chi connectivity index (χ1n) is 11.9. The van der Waals surface area contributed by atoms with Crippen LogP contribution in [0.3, 0.4) is 0 Å². The number of para-hydroxylation sites is 4. The van der Waals surface area contributed by atoms with Gasteiger partial charge in [-0.2, -0.15) is 0 Å². The normalized spacial score (nSPS) is 11.6. The molecular weight excluding hydrogens is 444 g/mol. The number of rotatable bonds is 3. The second kappa shape index (κ2) is 7.79. The van der Waals surface area contributed by atoms with Crippen molar-refractivity contribution in [2.75, 3.05) is 4.90 Å². The number of nitrogens with zero attached hydrogens (tertiary/aromatic N) is 2. The molecular formula is C32H20N2O2. The molecule has 0 saturated carbocycles. The molecule has 2 aromatic heterocycles. The fourth-order valence-electron chi connectivity index (χ4n) is 5.36. The van der Waals surface area contributed by atoms with E-state index >= 15 is 0 Å². The van der Waals surface area contributed by atoms with E-state index in [1.165, 1.54) is 0 Å². The Hall–Kier alpha value is -4.96. The highest BCUT2D eigenvalue weighted by atomic mass is 16.1. The highest BCUT2D eigenvalue weighted by Gasteiger charge is 2.23. The predicted octanol–water partition coefficient (Wildman–Crippen LogP) is 7.03. The van der Waals surface area contributed by atoms with Gasteiger partial charge in [0.05, 0.1) is 27.6 Å². The van der Waals surface area contributed by atoms with E-state index in [1.807, 2.05) is 121 Å². The number of hydrogen-bond donors (Lipinski definition) is 0. The summed E-state index contributed by atoms with van der Waals surface area (Å²) in [4.78, 5) is 29.9. The summed E-state index contributed by atoms with van der Waals surface area (Å²) in [5.41, 5.74) is 4.68. The van der Waals surface area contributed by atoms with Gasteiger partial charge in [0.25, 0.3) is 0 Å². The molecule has 2 heterocycles. The maximum Gasteiger partial charge on any atom is 0.199 e. The average molecular weight is 465 g/mol. The van der Waals surface area contributed by atoms with Gasteiger partial charge in [0.15, 0.2) is 10.9 Å². The maximum atomic E-state index is 14.2. The van der Waals surface area contributed by atoms with Crippen LogP contribution < -0.4 is 15.8 Å². The first-order chi connectivity index (χ1) is 17.7. The van der Waals surface area contributed by atoms with E-state index in [0.29, 0.717) is 27.1 Å². The van der Waals surface area contributed by atoms with Crippen LogP contribution in [0.25, 0.3) is 38.1 Å². The van der Waals surface area contributed by atoms with Gasteiger partial charge in [0.1, 0.15) is 0 Å². The Bertz CT molecular complexity index is 1980. The first-order valence-corrected chi connectivity index (χ1v) is 11.9. The molecule has 0 saturated heterocycles. The van der Waals surface area contributed by atoms with Gasteiger partial charge >= 0.3 is 0 Å². The summed E-state index contributed by atoms with van der Waals surface area (Å²) in [5.74, 6) is 0. The molecule has 7 aromatic rings. The third-order valence-corrected chi connectivity index (χ3v) is 6.90. The van der Waals surface area contributed by atoms with Crippen molar-refractivity contribution in [1.82, 2.24) is 4.40 Å². The molecule has 36 heavy (non-hydrogen) atoms. The summed E-state index contributed by atoms with van der Waals surface area (Å²) in [7, 11) is 0. The minimum Gasteiger partial charge on any atom is -0.310 e. The van der Waals surface area contributed by atoms with Crippen molar-refractivity contribution in [3.05, 3.63) is 142 Å². The number of fused-ring (bicyclic) bond motifs is 4. The zero-order chi connectivity index (χ0) is 24.2. The fraction of sp³-hybridized carbons (Fsp3) is 0. The Morgan fingerprint density at radius 3 is 1.56 bits per heavy atom. The Kier molecular flexibility index (Phi) is 4.42. The predicted molar refractivity (Wildman–Crippen MR) is 148 cm³/mol. The van der Waals surface area contributed by atoms with Crippen molar-refractivity contribution < 1.29 is 0 Å². The smallest absolute Gasteiger partial charge is 0.199 e. The largest absolute Gasteiger partial charge is 0.310 e. The molecule has 4 heteroatoms. The second-order valence-corrected chi connectivity index (χ2v) is 8.89. The van der Waals surface area contributed by atoms with Crippen LogP contribution in [0.1, 0.15) is 0 Å². The quantitative estimate of drug-likeness (QED) is 0.208. The Morgan fingerprint density at radius 2 is 0.972 bits per heavy atom. The summed E-state index contributed by atoms with van der Waals surface area (Å²) >= 11 is 0. The van der Waals surface area contributed by atoms with Crippen molar-refractivity contribution in [3.63, 3.8) is 0 Å².